The van der Waals surface area contributed by atoms with Gasteiger partial charge in [0.05, 0.1) is 36.7 Å². The molecule has 0 radical (unpaired) electrons. The fourth-order valence-electron chi connectivity index (χ4n) is 7.20. The van der Waals surface area contributed by atoms with E-state index in [1.54, 1.807) is 24.3 Å². The highest BCUT2D eigenvalue weighted by Crippen LogP contribution is 2.66. The number of aliphatic hydroxyl groups is 1. The average molecular weight is 564 g/mol. The van der Waals surface area contributed by atoms with Gasteiger partial charge >= 0.3 is 0 Å². The van der Waals surface area contributed by atoms with E-state index in [0.29, 0.717) is 30.0 Å². The van der Waals surface area contributed by atoms with Crippen molar-refractivity contribution in [3.63, 3.8) is 0 Å². The zero-order valence-corrected chi connectivity index (χ0v) is 24.6. The Kier molecular flexibility index (Phi) is 7.40. The molecule has 2 bridgehead atoms. The van der Waals surface area contributed by atoms with Gasteiger partial charge in [0.2, 0.25) is 17.7 Å². The van der Waals surface area contributed by atoms with Crippen LogP contribution < -0.4 is 15.4 Å². The summed E-state index contributed by atoms with van der Waals surface area (Å²) in [5, 5.41) is 16.6. The van der Waals surface area contributed by atoms with Gasteiger partial charge < -0.3 is 30.1 Å². The van der Waals surface area contributed by atoms with E-state index in [1.807, 2.05) is 71.9 Å². The Morgan fingerprint density at radius 3 is 2.37 bits per heavy atom. The van der Waals surface area contributed by atoms with Gasteiger partial charge in [-0.05, 0) is 76.8 Å². The van der Waals surface area contributed by atoms with Crippen LogP contribution in [-0.4, -0.2) is 63.7 Å². The van der Waals surface area contributed by atoms with Gasteiger partial charge in [-0.2, -0.15) is 0 Å². The first-order valence-electron chi connectivity index (χ1n) is 14.4. The Morgan fingerprint density at radius 2 is 1.78 bits per heavy atom. The van der Waals surface area contributed by atoms with Crippen molar-refractivity contribution >= 4 is 23.4 Å². The highest BCUT2D eigenvalue weighted by Gasteiger charge is 2.80. The van der Waals surface area contributed by atoms with Crippen LogP contribution in [0, 0.1) is 17.8 Å². The lowest BCUT2D eigenvalue weighted by atomic mass is 9.62. The Balaban J connectivity index is 1.57. The van der Waals surface area contributed by atoms with Crippen molar-refractivity contribution in [2.45, 2.75) is 76.8 Å². The molecule has 220 valence electrons. The van der Waals surface area contributed by atoms with Crippen LogP contribution in [0.5, 0.6) is 5.75 Å². The van der Waals surface area contributed by atoms with Crippen LogP contribution in [0.3, 0.4) is 0 Å². The molecule has 3 aliphatic rings. The van der Waals surface area contributed by atoms with E-state index < -0.39 is 40.7 Å². The van der Waals surface area contributed by atoms with Gasteiger partial charge in [0.25, 0.3) is 0 Å². The highest BCUT2D eigenvalue weighted by atomic mass is 16.5. The predicted octanol–water partition coefficient (Wildman–Crippen LogP) is 3.68. The number of carbonyl (C=O) groups excluding carboxylic acids is 3. The molecule has 41 heavy (non-hydrogen) atoms. The molecule has 9 heteroatoms. The number of nitrogens with zero attached hydrogens (tertiary/aromatic N) is 1. The van der Waals surface area contributed by atoms with Crippen molar-refractivity contribution in [1.82, 2.24) is 10.2 Å². The maximum atomic E-state index is 14.5. The third kappa shape index (κ3) is 4.78. The lowest BCUT2D eigenvalue weighted by molar-refractivity contribution is -0.150. The molecule has 0 saturated carbocycles. The summed E-state index contributed by atoms with van der Waals surface area (Å²) in [6.07, 6.45) is 0.443. The summed E-state index contributed by atoms with van der Waals surface area (Å²) in [5.41, 5.74) is -1.46. The van der Waals surface area contributed by atoms with E-state index in [9.17, 15) is 19.5 Å². The van der Waals surface area contributed by atoms with Crippen molar-refractivity contribution in [3.8, 4) is 5.75 Å². The molecule has 9 nitrogen and oxygen atoms in total. The monoisotopic (exact) mass is 563 g/mol. The molecular weight excluding hydrogens is 522 g/mol. The van der Waals surface area contributed by atoms with Crippen molar-refractivity contribution in [3.05, 3.63) is 60.2 Å². The van der Waals surface area contributed by atoms with Crippen LogP contribution in [0.1, 0.15) is 59.6 Å². The lowest BCUT2D eigenvalue weighted by Crippen LogP contribution is -2.59. The molecule has 3 aliphatic heterocycles. The van der Waals surface area contributed by atoms with Crippen molar-refractivity contribution in [1.29, 1.82) is 0 Å². The van der Waals surface area contributed by atoms with Crippen molar-refractivity contribution in [2.24, 2.45) is 17.8 Å². The zero-order chi connectivity index (χ0) is 29.7. The Bertz CT molecular complexity index is 1310. The molecule has 3 amide bonds. The van der Waals surface area contributed by atoms with Crippen molar-refractivity contribution in [2.75, 3.05) is 18.5 Å². The van der Waals surface area contributed by atoms with Gasteiger partial charge in [-0.1, -0.05) is 37.3 Å². The first kappa shape index (κ1) is 29.1. The summed E-state index contributed by atoms with van der Waals surface area (Å²) in [5.74, 6) is -2.18. The number of aliphatic hydroxyl groups excluding tert-OH is 1. The number of carbonyl (C=O) groups is 3. The maximum Gasteiger partial charge on any atom is 0.246 e. The SMILES string of the molecule is CCOc1ccc(NC(=O)[C@H]2[C@H]3C(=O)N([C@H](CO)c4ccccc4)C(C(=O)NC(C)(C)C)C34CC(C)[C@]2(C)O4)cc1. The van der Waals surface area contributed by atoms with Crippen LogP contribution >= 0.6 is 0 Å². The zero-order valence-electron chi connectivity index (χ0n) is 24.6. The number of amides is 3. The van der Waals surface area contributed by atoms with Crippen LogP contribution in [-0.2, 0) is 19.1 Å². The third-order valence-electron chi connectivity index (χ3n) is 8.91. The summed E-state index contributed by atoms with van der Waals surface area (Å²) in [6.45, 7) is 11.6. The van der Waals surface area contributed by atoms with Crippen molar-refractivity contribution < 1.29 is 29.0 Å². The van der Waals surface area contributed by atoms with Gasteiger partial charge in [-0.3, -0.25) is 14.4 Å². The summed E-state index contributed by atoms with van der Waals surface area (Å²) >= 11 is 0. The number of fused-ring (bicyclic) bond motifs is 1. The molecule has 7 atom stereocenters. The van der Waals surface area contributed by atoms with E-state index in [-0.39, 0.29) is 30.2 Å². The largest absolute Gasteiger partial charge is 0.494 e. The second-order valence-electron chi connectivity index (χ2n) is 12.7. The van der Waals surface area contributed by atoms with Gasteiger partial charge in [0.1, 0.15) is 17.4 Å². The maximum absolute atomic E-state index is 14.5. The quantitative estimate of drug-likeness (QED) is 0.451. The fourth-order valence-corrected chi connectivity index (χ4v) is 7.20. The smallest absolute Gasteiger partial charge is 0.246 e. The van der Waals surface area contributed by atoms with Crippen LogP contribution in [0.2, 0.25) is 0 Å². The number of likely N-dealkylation sites (tertiary alicyclic amines) is 1. The number of hydrogen-bond acceptors (Lipinski definition) is 6. The predicted molar refractivity (Wildman–Crippen MR) is 154 cm³/mol. The van der Waals surface area contributed by atoms with Gasteiger partial charge in [-0.25, -0.2) is 0 Å². The number of hydrogen-bond donors (Lipinski definition) is 3. The lowest BCUT2D eigenvalue weighted by Gasteiger charge is -2.38. The van der Waals surface area contributed by atoms with E-state index in [4.69, 9.17) is 9.47 Å². The van der Waals surface area contributed by atoms with E-state index in [2.05, 4.69) is 10.6 Å². The molecular formula is C32H41N3O6. The molecule has 3 saturated heterocycles. The summed E-state index contributed by atoms with van der Waals surface area (Å²) < 4.78 is 12.3. The minimum Gasteiger partial charge on any atom is -0.494 e. The molecule has 1 spiro atoms. The van der Waals surface area contributed by atoms with Crippen LogP contribution in [0.4, 0.5) is 5.69 Å². The molecule has 0 aliphatic carbocycles. The second-order valence-corrected chi connectivity index (χ2v) is 12.7. The molecule has 3 unspecified atom stereocenters. The molecule has 2 aromatic carbocycles. The Morgan fingerprint density at radius 1 is 1.12 bits per heavy atom. The molecule has 0 aromatic heterocycles. The Hall–Kier alpha value is -3.43. The fraction of sp³-hybridized carbons (Fsp3) is 0.531. The van der Waals surface area contributed by atoms with Gasteiger partial charge in [0, 0.05) is 11.2 Å². The van der Waals surface area contributed by atoms with Crippen LogP contribution in [0.15, 0.2) is 54.6 Å². The van der Waals surface area contributed by atoms with E-state index >= 15 is 0 Å². The summed E-state index contributed by atoms with van der Waals surface area (Å²) in [4.78, 5) is 44.1. The normalized spacial score (nSPS) is 31.1. The number of rotatable bonds is 8. The molecule has 3 fully saturated rings. The average Bonchev–Trinajstić information content (AvgIpc) is 3.42. The summed E-state index contributed by atoms with van der Waals surface area (Å²) in [7, 11) is 0. The number of ether oxygens (including phenoxy) is 2. The van der Waals surface area contributed by atoms with E-state index in [0.717, 1.165) is 0 Å². The van der Waals surface area contributed by atoms with E-state index in [1.165, 1.54) is 4.90 Å². The van der Waals surface area contributed by atoms with Gasteiger partial charge in [0.15, 0.2) is 0 Å². The molecule has 3 heterocycles. The topological polar surface area (TPSA) is 117 Å². The molecule has 2 aromatic rings. The molecule has 3 N–H and O–H groups in total. The highest BCUT2D eigenvalue weighted by molar-refractivity contribution is 6.02. The second kappa shape index (κ2) is 10.4. The number of nitrogens with one attached hydrogen (secondary N) is 2. The minimum absolute atomic E-state index is 0.100. The first-order valence-corrected chi connectivity index (χ1v) is 14.4. The minimum atomic E-state index is -1.22. The standard InChI is InChI=1S/C32H41N3O6/c1-7-40-22-15-13-21(14-16-22)33-27(37)24-25-29(39)35(23(18-36)20-11-9-8-10-12-20)26(28(38)34-30(3,4)5)32(25)17-19(2)31(24,6)41-32/h8-16,19,23-26,36H,7,17-18H2,1-6H3,(H,33,37)(H,34,38)/t19?,23-,24-,25+,26?,31+,32?/m1/s1. The Labute approximate surface area is 241 Å². The van der Waals surface area contributed by atoms with Crippen LogP contribution in [0.25, 0.3) is 0 Å². The summed E-state index contributed by atoms with van der Waals surface area (Å²) in [6, 6.07) is 14.5. The first-order chi connectivity index (χ1) is 19.4. The number of anilines is 1. The van der Waals surface area contributed by atoms with Gasteiger partial charge in [-0.15, -0.1) is 0 Å². The third-order valence-corrected chi connectivity index (χ3v) is 8.91. The molecule has 5 rings (SSSR count). The number of benzene rings is 2.